The van der Waals surface area contributed by atoms with Crippen LogP contribution in [0.15, 0.2) is 0 Å². The lowest BCUT2D eigenvalue weighted by Gasteiger charge is -2.13. The van der Waals surface area contributed by atoms with Gasteiger partial charge < -0.3 is 15.2 Å². The molecule has 1 aliphatic rings. The Morgan fingerprint density at radius 1 is 1.13 bits per heavy atom. The Hall–Kier alpha value is -0.120. The molecule has 3 nitrogen and oxygen atoms in total. The van der Waals surface area contributed by atoms with E-state index >= 15 is 0 Å². The Balaban J connectivity index is 1.84. The molecule has 1 aliphatic heterocycles. The van der Waals surface area contributed by atoms with Crippen molar-refractivity contribution in [2.75, 3.05) is 19.8 Å². The summed E-state index contributed by atoms with van der Waals surface area (Å²) in [5, 5.41) is 12.8. The summed E-state index contributed by atoms with van der Waals surface area (Å²) in [6, 6.07) is 0.167. The van der Waals surface area contributed by atoms with Crippen molar-refractivity contribution in [3.63, 3.8) is 0 Å². The molecule has 2 N–H and O–H groups in total. The van der Waals surface area contributed by atoms with Crippen LogP contribution in [0.25, 0.3) is 0 Å². The van der Waals surface area contributed by atoms with Crippen LogP contribution < -0.4 is 5.32 Å². The van der Waals surface area contributed by atoms with Crippen LogP contribution in [-0.2, 0) is 4.74 Å². The minimum atomic E-state index is -0.301. The van der Waals surface area contributed by atoms with E-state index in [0.717, 1.165) is 6.54 Å². The minimum Gasteiger partial charge on any atom is -0.389 e. The van der Waals surface area contributed by atoms with Crippen LogP contribution in [0.4, 0.5) is 0 Å². The maximum absolute atomic E-state index is 9.47. The third-order valence-corrected chi connectivity index (χ3v) is 2.99. The largest absolute Gasteiger partial charge is 0.389 e. The van der Waals surface area contributed by atoms with E-state index in [1.54, 1.807) is 0 Å². The average Bonchev–Trinajstić information content (AvgIpc) is 2.63. The van der Waals surface area contributed by atoms with Crippen molar-refractivity contribution < 1.29 is 9.84 Å². The van der Waals surface area contributed by atoms with Crippen LogP contribution >= 0.6 is 0 Å². The summed E-state index contributed by atoms with van der Waals surface area (Å²) >= 11 is 0. The first-order valence-corrected chi connectivity index (χ1v) is 6.33. The van der Waals surface area contributed by atoms with Crippen molar-refractivity contribution in [3.8, 4) is 0 Å². The van der Waals surface area contributed by atoms with Gasteiger partial charge in [-0.05, 0) is 13.0 Å². The maximum Gasteiger partial charge on any atom is 0.0948 e. The fraction of sp³-hybridized carbons (Fsp3) is 1.00. The summed E-state index contributed by atoms with van der Waals surface area (Å²) in [6.07, 6.45) is 7.60. The first-order valence-electron chi connectivity index (χ1n) is 6.33. The van der Waals surface area contributed by atoms with E-state index in [9.17, 15) is 5.11 Å². The van der Waals surface area contributed by atoms with Gasteiger partial charge in [-0.2, -0.15) is 0 Å². The molecule has 0 aromatic carbocycles. The van der Waals surface area contributed by atoms with Gasteiger partial charge in [0.25, 0.3) is 0 Å². The van der Waals surface area contributed by atoms with E-state index in [0.29, 0.717) is 13.2 Å². The van der Waals surface area contributed by atoms with Crippen molar-refractivity contribution in [2.24, 2.45) is 0 Å². The van der Waals surface area contributed by atoms with Gasteiger partial charge in [-0.15, -0.1) is 0 Å². The Morgan fingerprint density at radius 2 is 1.87 bits per heavy atom. The summed E-state index contributed by atoms with van der Waals surface area (Å²) in [5.41, 5.74) is 0. The Bertz CT molecular complexity index is 153. The fourth-order valence-electron chi connectivity index (χ4n) is 1.93. The molecule has 0 aromatic heterocycles. The van der Waals surface area contributed by atoms with Gasteiger partial charge in [0.2, 0.25) is 0 Å². The second-order valence-corrected chi connectivity index (χ2v) is 4.43. The lowest BCUT2D eigenvalue weighted by Crippen LogP contribution is -2.39. The van der Waals surface area contributed by atoms with Crippen LogP contribution in [0.5, 0.6) is 0 Å². The van der Waals surface area contributed by atoms with E-state index in [1.807, 2.05) is 0 Å². The third-order valence-electron chi connectivity index (χ3n) is 2.99. The van der Waals surface area contributed by atoms with Gasteiger partial charge in [-0.3, -0.25) is 0 Å². The summed E-state index contributed by atoms with van der Waals surface area (Å²) in [5.74, 6) is 0. The molecular formula is C12H25NO2. The highest BCUT2D eigenvalue weighted by Crippen LogP contribution is 2.07. The predicted octanol–water partition coefficient (Wildman–Crippen LogP) is 1.70. The standard InChI is InChI=1S/C12H25NO2/c1-2-3-4-5-6-7-8-13-11-9-15-10-12(11)14/h11-14H,2-10H2,1H3/t11-,12-/m1/s1. The smallest absolute Gasteiger partial charge is 0.0948 e. The van der Waals surface area contributed by atoms with Gasteiger partial charge in [-0.25, -0.2) is 0 Å². The molecule has 15 heavy (non-hydrogen) atoms. The molecule has 0 saturated carbocycles. The molecule has 1 rings (SSSR count). The van der Waals surface area contributed by atoms with E-state index in [1.165, 1.54) is 38.5 Å². The highest BCUT2D eigenvalue weighted by molar-refractivity contribution is 4.80. The molecular weight excluding hydrogens is 190 g/mol. The topological polar surface area (TPSA) is 41.5 Å². The van der Waals surface area contributed by atoms with E-state index in [2.05, 4.69) is 12.2 Å². The van der Waals surface area contributed by atoms with Crippen molar-refractivity contribution in [1.29, 1.82) is 0 Å². The van der Waals surface area contributed by atoms with Crippen molar-refractivity contribution in [3.05, 3.63) is 0 Å². The molecule has 0 aliphatic carbocycles. The van der Waals surface area contributed by atoms with E-state index < -0.39 is 0 Å². The summed E-state index contributed by atoms with van der Waals surface area (Å²) < 4.78 is 5.17. The van der Waals surface area contributed by atoms with Crippen LogP contribution in [0.2, 0.25) is 0 Å². The number of aliphatic hydroxyl groups excluding tert-OH is 1. The molecule has 0 spiro atoms. The van der Waals surface area contributed by atoms with Crippen molar-refractivity contribution in [2.45, 2.75) is 57.6 Å². The first-order chi connectivity index (χ1) is 7.34. The lowest BCUT2D eigenvalue weighted by atomic mass is 10.1. The summed E-state index contributed by atoms with van der Waals surface area (Å²) in [6.45, 7) is 4.41. The predicted molar refractivity (Wildman–Crippen MR) is 62.0 cm³/mol. The van der Waals surface area contributed by atoms with Crippen molar-refractivity contribution in [1.82, 2.24) is 5.32 Å². The quantitative estimate of drug-likeness (QED) is 0.606. The first kappa shape index (κ1) is 12.9. The normalized spacial score (nSPS) is 26.0. The van der Waals surface area contributed by atoms with Gasteiger partial charge in [0.15, 0.2) is 0 Å². The SMILES string of the molecule is CCCCCCCCN[C@@H]1COC[C@H]1O. The number of rotatable bonds is 8. The zero-order valence-electron chi connectivity index (χ0n) is 9.87. The van der Waals surface area contributed by atoms with Gasteiger partial charge in [0, 0.05) is 0 Å². The van der Waals surface area contributed by atoms with Gasteiger partial charge in [-0.1, -0.05) is 39.0 Å². The van der Waals surface area contributed by atoms with Crippen LogP contribution in [0, 0.1) is 0 Å². The zero-order chi connectivity index (χ0) is 10.9. The molecule has 0 amide bonds. The number of ether oxygens (including phenoxy) is 1. The van der Waals surface area contributed by atoms with E-state index in [-0.39, 0.29) is 12.1 Å². The second-order valence-electron chi connectivity index (χ2n) is 4.43. The molecule has 90 valence electrons. The van der Waals surface area contributed by atoms with Crippen LogP contribution in [-0.4, -0.2) is 37.0 Å². The average molecular weight is 215 g/mol. The number of aliphatic hydroxyl groups is 1. The Labute approximate surface area is 93.2 Å². The minimum absolute atomic E-state index is 0.167. The van der Waals surface area contributed by atoms with Crippen molar-refractivity contribution >= 4 is 0 Å². The molecule has 3 heteroatoms. The van der Waals surface area contributed by atoms with Gasteiger partial charge >= 0.3 is 0 Å². The number of nitrogens with one attached hydrogen (secondary N) is 1. The number of unbranched alkanes of at least 4 members (excludes halogenated alkanes) is 5. The van der Waals surface area contributed by atoms with E-state index in [4.69, 9.17) is 4.74 Å². The van der Waals surface area contributed by atoms with Gasteiger partial charge in [0.05, 0.1) is 25.4 Å². The molecule has 0 unspecified atom stereocenters. The number of hydrogen-bond acceptors (Lipinski definition) is 3. The molecule has 0 radical (unpaired) electrons. The highest BCUT2D eigenvalue weighted by atomic mass is 16.5. The maximum atomic E-state index is 9.47. The molecule has 2 atom stereocenters. The van der Waals surface area contributed by atoms with Crippen LogP contribution in [0.3, 0.4) is 0 Å². The molecule has 1 saturated heterocycles. The summed E-state index contributed by atoms with van der Waals surface area (Å²) in [7, 11) is 0. The number of hydrogen-bond donors (Lipinski definition) is 2. The van der Waals surface area contributed by atoms with Gasteiger partial charge in [0.1, 0.15) is 0 Å². The summed E-state index contributed by atoms with van der Waals surface area (Å²) in [4.78, 5) is 0. The molecule has 0 bridgehead atoms. The fourth-order valence-corrected chi connectivity index (χ4v) is 1.93. The molecule has 1 fully saturated rings. The molecule has 0 aromatic rings. The molecule has 1 heterocycles. The van der Waals surface area contributed by atoms with Crippen LogP contribution in [0.1, 0.15) is 45.4 Å². The Morgan fingerprint density at radius 3 is 2.53 bits per heavy atom. The second kappa shape index (κ2) is 8.08. The highest BCUT2D eigenvalue weighted by Gasteiger charge is 2.24. The zero-order valence-corrected chi connectivity index (χ0v) is 9.87. The third kappa shape index (κ3) is 5.50. The Kier molecular flexibility index (Phi) is 6.98. The monoisotopic (exact) mass is 215 g/mol. The lowest BCUT2D eigenvalue weighted by molar-refractivity contribution is 0.122.